The van der Waals surface area contributed by atoms with Crippen molar-refractivity contribution < 1.29 is 9.47 Å². The van der Waals surface area contributed by atoms with Gasteiger partial charge in [0.2, 0.25) is 0 Å². The van der Waals surface area contributed by atoms with Crippen molar-refractivity contribution in [3.8, 4) is 12.5 Å². The molecule has 0 saturated carbocycles. The summed E-state index contributed by atoms with van der Waals surface area (Å²) in [6.45, 7) is 11.2. The number of hydrogen-bond acceptors (Lipinski definition) is 4. The molecule has 0 rings (SSSR count). The number of ether oxygens (including phenoxy) is 2. The van der Waals surface area contributed by atoms with E-state index in [0.29, 0.717) is 19.1 Å². The predicted molar refractivity (Wildman–Crippen MR) is 66.7 cm³/mol. The number of nitrogens with zero attached hydrogens (tertiary/aromatic N) is 2. The lowest BCUT2D eigenvalue weighted by atomic mass is 9.81. The summed E-state index contributed by atoms with van der Waals surface area (Å²) in [6, 6.07) is 0. The van der Waals surface area contributed by atoms with Gasteiger partial charge in [0, 0.05) is 0 Å². The van der Waals surface area contributed by atoms with E-state index in [1.54, 1.807) is 12.5 Å². The van der Waals surface area contributed by atoms with Gasteiger partial charge < -0.3 is 9.47 Å². The van der Waals surface area contributed by atoms with Gasteiger partial charge in [-0.15, -0.1) is 0 Å². The van der Waals surface area contributed by atoms with Crippen molar-refractivity contribution in [2.24, 2.45) is 11.3 Å². The largest absolute Gasteiger partial charge is 0.427 e. The smallest absolute Gasteiger partial charge is 0.286 e. The molecule has 98 valence electrons. The zero-order valence-electron chi connectivity index (χ0n) is 11.6. The highest BCUT2D eigenvalue weighted by atomic mass is 16.5. The minimum absolute atomic E-state index is 0.106. The second-order valence-corrected chi connectivity index (χ2v) is 4.57. The molecule has 0 bridgehead atoms. The molecule has 0 aromatic carbocycles. The van der Waals surface area contributed by atoms with Crippen LogP contribution in [0, 0.1) is 34.4 Å². The van der Waals surface area contributed by atoms with Crippen molar-refractivity contribution in [3.05, 3.63) is 0 Å². The number of nitriles is 2. The van der Waals surface area contributed by atoms with Gasteiger partial charge in [-0.05, 0) is 24.2 Å². The monoisotopic (exact) mass is 240 g/mol. The normalized spacial score (nSPS) is 11.2. The average molecular weight is 240 g/mol. The van der Waals surface area contributed by atoms with Crippen LogP contribution in [0.3, 0.4) is 0 Å². The van der Waals surface area contributed by atoms with E-state index in [2.05, 4.69) is 23.3 Å². The fraction of sp³-hybridized carbons (Fsp3) is 0.846. The van der Waals surface area contributed by atoms with Crippen LogP contribution in [0.15, 0.2) is 0 Å². The fourth-order valence-electron chi connectivity index (χ4n) is 1.66. The zero-order valence-corrected chi connectivity index (χ0v) is 11.6. The van der Waals surface area contributed by atoms with Crippen molar-refractivity contribution in [2.45, 2.75) is 47.5 Å². The van der Waals surface area contributed by atoms with Gasteiger partial charge in [-0.1, -0.05) is 34.6 Å². The van der Waals surface area contributed by atoms with Crippen LogP contribution >= 0.6 is 0 Å². The Balaban J connectivity index is 0. The highest BCUT2D eigenvalue weighted by Gasteiger charge is 2.21. The van der Waals surface area contributed by atoms with Crippen LogP contribution in [0.2, 0.25) is 0 Å². The van der Waals surface area contributed by atoms with E-state index >= 15 is 0 Å². The third-order valence-electron chi connectivity index (χ3n) is 2.28. The maximum absolute atomic E-state index is 8.26. The van der Waals surface area contributed by atoms with Gasteiger partial charge in [0.25, 0.3) is 12.5 Å². The Bertz CT molecular complexity index is 251. The molecular weight excluding hydrogens is 216 g/mol. The maximum atomic E-state index is 8.26. The van der Waals surface area contributed by atoms with Gasteiger partial charge in [-0.3, -0.25) is 0 Å². The standard InChI is InChI=1S/C11H18N2O2.C2H6/c1-10(7-15-9-13)6-11(2,3)4-5-14-8-12;1-2/h10H,4-7H2,1-3H3;1-2H3. The Morgan fingerprint density at radius 2 is 1.65 bits per heavy atom. The van der Waals surface area contributed by atoms with Gasteiger partial charge in [-0.25, -0.2) is 0 Å². The Morgan fingerprint density at radius 1 is 1.12 bits per heavy atom. The summed E-state index contributed by atoms with van der Waals surface area (Å²) in [5.74, 6) is 0.335. The summed E-state index contributed by atoms with van der Waals surface area (Å²) in [7, 11) is 0. The minimum Gasteiger partial charge on any atom is -0.427 e. The van der Waals surface area contributed by atoms with Crippen molar-refractivity contribution in [1.82, 2.24) is 0 Å². The molecular formula is C13H24N2O2. The molecule has 0 aromatic rings. The zero-order chi connectivity index (χ0) is 13.7. The van der Waals surface area contributed by atoms with Crippen molar-refractivity contribution >= 4 is 0 Å². The van der Waals surface area contributed by atoms with E-state index < -0.39 is 0 Å². The molecule has 17 heavy (non-hydrogen) atoms. The maximum Gasteiger partial charge on any atom is 0.286 e. The molecule has 0 aliphatic rings. The van der Waals surface area contributed by atoms with Crippen LogP contribution < -0.4 is 0 Å². The fourth-order valence-corrected chi connectivity index (χ4v) is 1.66. The van der Waals surface area contributed by atoms with Crippen LogP contribution in [0.4, 0.5) is 0 Å². The molecule has 0 N–H and O–H groups in total. The first kappa shape index (κ1) is 18.0. The van der Waals surface area contributed by atoms with Gasteiger partial charge >= 0.3 is 0 Å². The van der Waals surface area contributed by atoms with Gasteiger partial charge in [0.05, 0.1) is 0 Å². The first-order chi connectivity index (χ1) is 8.02. The van der Waals surface area contributed by atoms with E-state index in [1.807, 2.05) is 20.8 Å². The lowest BCUT2D eigenvalue weighted by Gasteiger charge is -2.26. The molecule has 0 heterocycles. The molecule has 0 aromatic heterocycles. The van der Waals surface area contributed by atoms with Gasteiger partial charge in [0.1, 0.15) is 13.2 Å². The molecule has 0 fully saturated rings. The summed E-state index contributed by atoms with van der Waals surface area (Å²) in [5.41, 5.74) is 0.106. The molecule has 1 unspecified atom stereocenters. The van der Waals surface area contributed by atoms with E-state index in [9.17, 15) is 0 Å². The summed E-state index contributed by atoms with van der Waals surface area (Å²) < 4.78 is 9.34. The second-order valence-electron chi connectivity index (χ2n) is 4.57. The number of hydrogen-bond donors (Lipinski definition) is 0. The average Bonchev–Trinajstić information content (AvgIpc) is 2.28. The van der Waals surface area contributed by atoms with Crippen molar-refractivity contribution in [1.29, 1.82) is 10.5 Å². The van der Waals surface area contributed by atoms with E-state index in [4.69, 9.17) is 10.5 Å². The van der Waals surface area contributed by atoms with Crippen LogP contribution in [-0.4, -0.2) is 13.2 Å². The summed E-state index contributed by atoms with van der Waals surface area (Å²) in [6.07, 6.45) is 5.11. The lowest BCUT2D eigenvalue weighted by molar-refractivity contribution is 0.142. The Labute approximate surface area is 105 Å². The molecule has 4 heteroatoms. The van der Waals surface area contributed by atoms with Crippen LogP contribution in [0.1, 0.15) is 47.5 Å². The molecule has 0 aliphatic heterocycles. The van der Waals surface area contributed by atoms with Crippen molar-refractivity contribution in [3.63, 3.8) is 0 Å². The lowest BCUT2D eigenvalue weighted by Crippen LogP contribution is -2.19. The molecule has 0 saturated heterocycles. The molecule has 4 nitrogen and oxygen atoms in total. The highest BCUT2D eigenvalue weighted by Crippen LogP contribution is 2.29. The molecule has 0 aliphatic carbocycles. The molecule has 0 amide bonds. The third-order valence-corrected chi connectivity index (χ3v) is 2.28. The van der Waals surface area contributed by atoms with E-state index in [-0.39, 0.29) is 5.41 Å². The second kappa shape index (κ2) is 11.1. The predicted octanol–water partition coefficient (Wildman–Crippen LogP) is 3.45. The topological polar surface area (TPSA) is 66.0 Å². The van der Waals surface area contributed by atoms with Gasteiger partial charge in [0.15, 0.2) is 0 Å². The molecule has 1 atom stereocenters. The minimum atomic E-state index is 0.106. The first-order valence-electron chi connectivity index (χ1n) is 6.03. The van der Waals surface area contributed by atoms with Crippen LogP contribution in [0.25, 0.3) is 0 Å². The summed E-state index contributed by atoms with van der Waals surface area (Å²) >= 11 is 0. The summed E-state index contributed by atoms with van der Waals surface area (Å²) in [4.78, 5) is 0. The Morgan fingerprint density at radius 3 is 2.12 bits per heavy atom. The summed E-state index contributed by atoms with van der Waals surface area (Å²) in [5, 5.41) is 16.5. The Hall–Kier alpha value is -1.42. The molecule has 0 radical (unpaired) electrons. The quantitative estimate of drug-likeness (QED) is 0.505. The van der Waals surface area contributed by atoms with E-state index in [1.165, 1.54) is 0 Å². The highest BCUT2D eigenvalue weighted by molar-refractivity contribution is 4.72. The molecule has 0 spiro atoms. The van der Waals surface area contributed by atoms with Crippen molar-refractivity contribution in [2.75, 3.05) is 13.2 Å². The Kier molecular flexibility index (Phi) is 11.7. The SMILES string of the molecule is CC.CC(COC#N)CC(C)(C)CCOC#N. The third kappa shape index (κ3) is 12.5. The van der Waals surface area contributed by atoms with Crippen LogP contribution in [-0.2, 0) is 9.47 Å². The first-order valence-corrected chi connectivity index (χ1v) is 6.03. The van der Waals surface area contributed by atoms with E-state index in [0.717, 1.165) is 12.8 Å². The van der Waals surface area contributed by atoms with Crippen LogP contribution in [0.5, 0.6) is 0 Å². The van der Waals surface area contributed by atoms with Gasteiger partial charge in [-0.2, -0.15) is 10.5 Å². The number of rotatable bonds is 7.